The van der Waals surface area contributed by atoms with Gasteiger partial charge in [-0.15, -0.1) is 11.3 Å². The minimum Gasteiger partial charge on any atom is -0.312 e. The molecule has 0 saturated heterocycles. The van der Waals surface area contributed by atoms with Crippen LogP contribution in [0.5, 0.6) is 0 Å². The lowest BCUT2D eigenvalue weighted by Gasteiger charge is -1.87. The van der Waals surface area contributed by atoms with Gasteiger partial charge in [0.1, 0.15) is 4.70 Å². The highest BCUT2D eigenvalue weighted by molar-refractivity contribution is 7.25. The van der Waals surface area contributed by atoms with Gasteiger partial charge in [0, 0.05) is 22.5 Å². The number of hydrogen-bond acceptors (Lipinski definition) is 4. The van der Waals surface area contributed by atoms with E-state index in [-0.39, 0.29) is 5.56 Å². The number of pyridine rings is 1. The summed E-state index contributed by atoms with van der Waals surface area (Å²) in [7, 11) is 0. The fourth-order valence-corrected chi connectivity index (χ4v) is 2.45. The molecule has 0 amide bonds. The summed E-state index contributed by atoms with van der Waals surface area (Å²) in [5.74, 6) is 0. The average molecular weight is 203 g/mol. The van der Waals surface area contributed by atoms with Gasteiger partial charge in [-0.1, -0.05) is 0 Å². The summed E-state index contributed by atoms with van der Waals surface area (Å²) in [6, 6.07) is 1.89. The summed E-state index contributed by atoms with van der Waals surface area (Å²) in [6.07, 6.45) is 4.87. The van der Waals surface area contributed by atoms with E-state index in [1.807, 2.05) is 6.07 Å². The third-order valence-corrected chi connectivity index (χ3v) is 3.22. The van der Waals surface area contributed by atoms with Crippen LogP contribution in [0.2, 0.25) is 0 Å². The SMILES string of the molecule is O=c1[nH]cnc2c1sc1ccncc12. The van der Waals surface area contributed by atoms with Crippen LogP contribution >= 0.6 is 11.3 Å². The van der Waals surface area contributed by atoms with Crippen LogP contribution in [0.1, 0.15) is 0 Å². The Kier molecular flexibility index (Phi) is 1.43. The number of aromatic amines is 1. The van der Waals surface area contributed by atoms with Crippen LogP contribution in [-0.2, 0) is 0 Å². The Morgan fingerprint density at radius 3 is 3.29 bits per heavy atom. The lowest BCUT2D eigenvalue weighted by atomic mass is 10.3. The highest BCUT2D eigenvalue weighted by Gasteiger charge is 2.07. The molecule has 68 valence electrons. The van der Waals surface area contributed by atoms with Crippen molar-refractivity contribution in [2.24, 2.45) is 0 Å². The predicted octanol–water partition coefficient (Wildman–Crippen LogP) is 1.53. The molecule has 14 heavy (non-hydrogen) atoms. The minimum absolute atomic E-state index is 0.0869. The van der Waals surface area contributed by atoms with Crippen molar-refractivity contribution in [1.82, 2.24) is 15.0 Å². The minimum atomic E-state index is -0.0869. The van der Waals surface area contributed by atoms with Crippen LogP contribution < -0.4 is 5.56 Å². The molecule has 3 aromatic rings. The van der Waals surface area contributed by atoms with Gasteiger partial charge in [-0.25, -0.2) is 4.98 Å². The van der Waals surface area contributed by atoms with Gasteiger partial charge < -0.3 is 4.98 Å². The number of thiophene rings is 1. The van der Waals surface area contributed by atoms with Crippen molar-refractivity contribution in [3.8, 4) is 0 Å². The number of hydrogen-bond donors (Lipinski definition) is 1. The average Bonchev–Trinajstić information content (AvgIpc) is 2.59. The van der Waals surface area contributed by atoms with Crippen molar-refractivity contribution in [3.63, 3.8) is 0 Å². The van der Waals surface area contributed by atoms with Gasteiger partial charge in [-0.05, 0) is 6.07 Å². The predicted molar refractivity (Wildman–Crippen MR) is 55.5 cm³/mol. The molecule has 0 aliphatic heterocycles. The summed E-state index contributed by atoms with van der Waals surface area (Å²) in [5, 5.41) is 0.943. The molecule has 4 nitrogen and oxygen atoms in total. The number of fused-ring (bicyclic) bond motifs is 3. The smallest absolute Gasteiger partial charge is 0.268 e. The second-order valence-electron chi connectivity index (χ2n) is 2.88. The molecule has 3 aromatic heterocycles. The fraction of sp³-hybridized carbons (Fsp3) is 0. The van der Waals surface area contributed by atoms with Crippen molar-refractivity contribution < 1.29 is 0 Å². The largest absolute Gasteiger partial charge is 0.312 e. The van der Waals surface area contributed by atoms with Gasteiger partial charge in [0.25, 0.3) is 5.56 Å². The molecule has 3 rings (SSSR count). The van der Waals surface area contributed by atoms with Crippen molar-refractivity contribution in [2.45, 2.75) is 0 Å². The summed E-state index contributed by atoms with van der Waals surface area (Å²) in [4.78, 5) is 22.2. The van der Waals surface area contributed by atoms with Crippen LogP contribution in [-0.4, -0.2) is 15.0 Å². The lowest BCUT2D eigenvalue weighted by Crippen LogP contribution is -2.03. The zero-order chi connectivity index (χ0) is 9.54. The third kappa shape index (κ3) is 0.898. The van der Waals surface area contributed by atoms with Gasteiger partial charge in [-0.2, -0.15) is 0 Å². The van der Waals surface area contributed by atoms with E-state index < -0.39 is 0 Å². The topological polar surface area (TPSA) is 58.6 Å². The van der Waals surface area contributed by atoms with Gasteiger partial charge in [0.05, 0.1) is 11.8 Å². The number of aromatic nitrogens is 3. The monoisotopic (exact) mass is 203 g/mol. The van der Waals surface area contributed by atoms with E-state index in [1.165, 1.54) is 17.7 Å². The molecule has 0 radical (unpaired) electrons. The molecule has 0 aromatic carbocycles. The Morgan fingerprint density at radius 1 is 1.43 bits per heavy atom. The van der Waals surface area contributed by atoms with Crippen molar-refractivity contribution in [1.29, 1.82) is 0 Å². The molecule has 0 atom stereocenters. The Morgan fingerprint density at radius 2 is 2.36 bits per heavy atom. The zero-order valence-electron chi connectivity index (χ0n) is 7.02. The standard InChI is InChI=1S/C9H5N3OS/c13-9-8-7(11-4-12-9)5-3-10-2-1-6(5)14-8/h1-4H,(H,11,12,13). The number of H-pyrrole nitrogens is 1. The van der Waals surface area contributed by atoms with E-state index in [4.69, 9.17) is 0 Å². The van der Waals surface area contributed by atoms with Gasteiger partial charge in [-0.3, -0.25) is 9.78 Å². The van der Waals surface area contributed by atoms with E-state index >= 15 is 0 Å². The highest BCUT2D eigenvalue weighted by Crippen LogP contribution is 2.28. The van der Waals surface area contributed by atoms with Crippen molar-refractivity contribution in [2.75, 3.05) is 0 Å². The zero-order valence-corrected chi connectivity index (χ0v) is 7.84. The summed E-state index contributed by atoms with van der Waals surface area (Å²) < 4.78 is 1.70. The summed E-state index contributed by atoms with van der Waals surface area (Å²) in [6.45, 7) is 0. The molecule has 0 fully saturated rings. The Hall–Kier alpha value is -1.75. The normalized spacial score (nSPS) is 11.1. The second-order valence-corrected chi connectivity index (χ2v) is 3.94. The first-order valence-corrected chi connectivity index (χ1v) is 4.88. The lowest BCUT2D eigenvalue weighted by molar-refractivity contribution is 1.18. The van der Waals surface area contributed by atoms with Crippen LogP contribution in [0.15, 0.2) is 29.6 Å². The van der Waals surface area contributed by atoms with Crippen molar-refractivity contribution >= 4 is 31.6 Å². The van der Waals surface area contributed by atoms with E-state index in [2.05, 4.69) is 15.0 Å². The molecule has 0 aliphatic carbocycles. The summed E-state index contributed by atoms with van der Waals surface area (Å²) in [5.41, 5.74) is 0.651. The van der Waals surface area contributed by atoms with E-state index in [0.717, 1.165) is 15.6 Å². The molecule has 0 saturated carbocycles. The number of nitrogens with zero attached hydrogens (tertiary/aromatic N) is 2. The molecule has 3 heterocycles. The number of nitrogens with one attached hydrogen (secondary N) is 1. The maximum absolute atomic E-state index is 11.4. The van der Waals surface area contributed by atoms with E-state index in [1.54, 1.807) is 12.4 Å². The van der Waals surface area contributed by atoms with Crippen LogP contribution in [0.25, 0.3) is 20.3 Å². The molecule has 5 heteroatoms. The molecular weight excluding hydrogens is 198 g/mol. The van der Waals surface area contributed by atoms with Crippen LogP contribution in [0.3, 0.4) is 0 Å². The molecule has 0 bridgehead atoms. The highest BCUT2D eigenvalue weighted by atomic mass is 32.1. The first-order valence-electron chi connectivity index (χ1n) is 4.06. The maximum atomic E-state index is 11.4. The van der Waals surface area contributed by atoms with Gasteiger partial charge >= 0.3 is 0 Å². The summed E-state index contributed by atoms with van der Waals surface area (Å²) >= 11 is 1.44. The maximum Gasteiger partial charge on any atom is 0.268 e. The number of rotatable bonds is 0. The van der Waals surface area contributed by atoms with Crippen LogP contribution in [0, 0.1) is 0 Å². The Bertz CT molecular complexity index is 670. The van der Waals surface area contributed by atoms with Gasteiger partial charge in [0.2, 0.25) is 0 Å². The second kappa shape index (κ2) is 2.62. The molecular formula is C9H5N3OS. The first kappa shape index (κ1) is 7.64. The molecule has 0 unspecified atom stereocenters. The quantitative estimate of drug-likeness (QED) is 0.602. The van der Waals surface area contributed by atoms with Crippen molar-refractivity contribution in [3.05, 3.63) is 35.1 Å². The van der Waals surface area contributed by atoms with E-state index in [0.29, 0.717) is 4.70 Å². The fourth-order valence-electron chi connectivity index (χ4n) is 1.43. The first-order chi connectivity index (χ1) is 6.86. The Balaban J connectivity index is 2.70. The van der Waals surface area contributed by atoms with E-state index in [9.17, 15) is 4.79 Å². The van der Waals surface area contributed by atoms with Crippen LogP contribution in [0.4, 0.5) is 0 Å². The third-order valence-electron chi connectivity index (χ3n) is 2.06. The molecule has 0 aliphatic rings. The molecule has 0 spiro atoms. The Labute approximate surface area is 82.3 Å². The van der Waals surface area contributed by atoms with Gasteiger partial charge in [0.15, 0.2) is 0 Å². The molecule has 1 N–H and O–H groups in total.